The van der Waals surface area contributed by atoms with E-state index in [4.69, 9.17) is 9.47 Å². The van der Waals surface area contributed by atoms with Crippen molar-refractivity contribution >= 4 is 17.2 Å². The van der Waals surface area contributed by atoms with Crippen LogP contribution in [0.3, 0.4) is 0 Å². The highest BCUT2D eigenvalue weighted by Crippen LogP contribution is 2.14. The summed E-state index contributed by atoms with van der Waals surface area (Å²) in [6.45, 7) is 1.45. The summed E-state index contributed by atoms with van der Waals surface area (Å²) in [6, 6.07) is -0.116. The molecule has 3 rings (SSSR count). The molecule has 2 N–H and O–H groups in total. The number of H-pyrrole nitrogens is 1. The van der Waals surface area contributed by atoms with Gasteiger partial charge in [-0.25, -0.2) is 9.97 Å². The lowest BCUT2D eigenvalue weighted by molar-refractivity contribution is -0.0742. The molecule has 0 saturated carbocycles. The van der Waals surface area contributed by atoms with Crippen LogP contribution in [0.15, 0.2) is 17.2 Å². The Labute approximate surface area is 124 Å². The van der Waals surface area contributed by atoms with E-state index in [0.29, 0.717) is 26.2 Å². The Balaban J connectivity index is 1.57. The van der Waals surface area contributed by atoms with Gasteiger partial charge in [0, 0.05) is 12.0 Å². The lowest BCUT2D eigenvalue weighted by Gasteiger charge is -2.31. The van der Waals surface area contributed by atoms with Crippen molar-refractivity contribution in [2.75, 3.05) is 13.2 Å². The smallest absolute Gasteiger partial charge is 0.288 e. The van der Waals surface area contributed by atoms with Crippen molar-refractivity contribution in [1.82, 2.24) is 25.5 Å². The number of aromatic amines is 1. The van der Waals surface area contributed by atoms with Gasteiger partial charge in [-0.1, -0.05) is 0 Å². The SMILES string of the molecule is O=C(N[C@@H]1CCOC[C@H]1OCc1cscn1)c1ncn[nH]1. The Kier molecular flexibility index (Phi) is 4.53. The van der Waals surface area contributed by atoms with Crippen LogP contribution in [-0.2, 0) is 16.1 Å². The van der Waals surface area contributed by atoms with Crippen LogP contribution in [0.25, 0.3) is 0 Å². The number of amides is 1. The standard InChI is InChI=1S/C12H15N5O3S/c18-12(11-13-6-15-17-11)16-9-1-2-19-4-10(9)20-3-8-5-21-7-14-8/h5-7,9-10H,1-4H2,(H,16,18)(H,13,15,17)/t9-,10-/m1/s1. The van der Waals surface area contributed by atoms with E-state index in [2.05, 4.69) is 25.5 Å². The number of hydrogen-bond acceptors (Lipinski definition) is 7. The van der Waals surface area contributed by atoms with Crippen LogP contribution in [0, 0.1) is 0 Å². The van der Waals surface area contributed by atoms with E-state index in [1.165, 1.54) is 17.7 Å². The molecule has 2 aromatic heterocycles. The molecule has 3 heterocycles. The second-order valence-electron chi connectivity index (χ2n) is 4.61. The number of hydrogen-bond donors (Lipinski definition) is 2. The predicted molar refractivity (Wildman–Crippen MR) is 73.8 cm³/mol. The Hall–Kier alpha value is -1.84. The van der Waals surface area contributed by atoms with Gasteiger partial charge in [0.25, 0.3) is 5.91 Å². The number of ether oxygens (including phenoxy) is 2. The normalized spacial score (nSPS) is 22.1. The minimum absolute atomic E-state index is 0.116. The molecule has 112 valence electrons. The molecule has 0 aromatic carbocycles. The van der Waals surface area contributed by atoms with E-state index >= 15 is 0 Å². The molecule has 21 heavy (non-hydrogen) atoms. The summed E-state index contributed by atoms with van der Waals surface area (Å²) in [5, 5.41) is 11.0. The van der Waals surface area contributed by atoms with E-state index in [9.17, 15) is 4.79 Å². The molecule has 1 aliphatic rings. The van der Waals surface area contributed by atoms with Crippen molar-refractivity contribution < 1.29 is 14.3 Å². The maximum Gasteiger partial charge on any atom is 0.288 e. The number of carbonyl (C=O) groups excluding carboxylic acids is 1. The Morgan fingerprint density at radius 2 is 2.52 bits per heavy atom. The van der Waals surface area contributed by atoms with Crippen LogP contribution in [0.1, 0.15) is 22.7 Å². The average molecular weight is 309 g/mol. The quantitative estimate of drug-likeness (QED) is 0.827. The highest BCUT2D eigenvalue weighted by Gasteiger charge is 2.29. The zero-order chi connectivity index (χ0) is 14.5. The minimum atomic E-state index is -0.290. The number of rotatable bonds is 5. The van der Waals surface area contributed by atoms with Gasteiger partial charge >= 0.3 is 0 Å². The maximum absolute atomic E-state index is 12.0. The van der Waals surface area contributed by atoms with Gasteiger partial charge in [-0.3, -0.25) is 9.89 Å². The Bertz CT molecular complexity index is 559. The molecular formula is C12H15N5O3S. The van der Waals surface area contributed by atoms with Gasteiger partial charge in [-0.2, -0.15) is 5.10 Å². The van der Waals surface area contributed by atoms with E-state index in [-0.39, 0.29) is 23.9 Å². The molecule has 1 aliphatic heterocycles. The van der Waals surface area contributed by atoms with Gasteiger partial charge in [0.15, 0.2) is 0 Å². The Morgan fingerprint density at radius 3 is 3.29 bits per heavy atom. The zero-order valence-electron chi connectivity index (χ0n) is 11.2. The molecular weight excluding hydrogens is 294 g/mol. The second kappa shape index (κ2) is 6.74. The molecule has 0 spiro atoms. The van der Waals surface area contributed by atoms with Crippen LogP contribution in [0.2, 0.25) is 0 Å². The summed E-state index contributed by atoms with van der Waals surface area (Å²) in [6.07, 6.45) is 1.80. The van der Waals surface area contributed by atoms with Crippen molar-refractivity contribution in [2.24, 2.45) is 0 Å². The minimum Gasteiger partial charge on any atom is -0.379 e. The highest BCUT2D eigenvalue weighted by molar-refractivity contribution is 7.07. The summed E-state index contributed by atoms with van der Waals surface area (Å²) < 4.78 is 11.2. The van der Waals surface area contributed by atoms with E-state index in [1.54, 1.807) is 5.51 Å². The molecule has 2 atom stereocenters. The van der Waals surface area contributed by atoms with Crippen LogP contribution in [0.5, 0.6) is 0 Å². The fraction of sp³-hybridized carbons (Fsp3) is 0.500. The lowest BCUT2D eigenvalue weighted by Crippen LogP contribution is -2.50. The molecule has 8 nitrogen and oxygen atoms in total. The summed E-state index contributed by atoms with van der Waals surface area (Å²) in [7, 11) is 0. The number of nitrogens with zero attached hydrogens (tertiary/aromatic N) is 3. The predicted octanol–water partition coefficient (Wildman–Crippen LogP) is 0.365. The first-order valence-electron chi connectivity index (χ1n) is 6.55. The topological polar surface area (TPSA) is 102 Å². The first kappa shape index (κ1) is 14.1. The number of carbonyl (C=O) groups is 1. The van der Waals surface area contributed by atoms with Gasteiger partial charge in [-0.05, 0) is 6.42 Å². The summed E-state index contributed by atoms with van der Waals surface area (Å²) in [5.74, 6) is -0.0959. The number of thiazole rings is 1. The maximum atomic E-state index is 12.0. The van der Waals surface area contributed by atoms with Gasteiger partial charge in [0.1, 0.15) is 12.4 Å². The second-order valence-corrected chi connectivity index (χ2v) is 5.33. The van der Waals surface area contributed by atoms with E-state index < -0.39 is 0 Å². The summed E-state index contributed by atoms with van der Waals surface area (Å²) in [4.78, 5) is 20.0. The fourth-order valence-electron chi connectivity index (χ4n) is 2.09. The van der Waals surface area contributed by atoms with Crippen LogP contribution >= 0.6 is 11.3 Å². The average Bonchev–Trinajstić information content (AvgIpc) is 3.20. The van der Waals surface area contributed by atoms with Crippen molar-refractivity contribution in [1.29, 1.82) is 0 Å². The first-order valence-corrected chi connectivity index (χ1v) is 7.50. The van der Waals surface area contributed by atoms with Gasteiger partial charge < -0.3 is 14.8 Å². The Morgan fingerprint density at radius 1 is 1.57 bits per heavy atom. The third-order valence-electron chi connectivity index (χ3n) is 3.18. The van der Waals surface area contributed by atoms with Crippen molar-refractivity contribution in [2.45, 2.75) is 25.2 Å². The highest BCUT2D eigenvalue weighted by atomic mass is 32.1. The van der Waals surface area contributed by atoms with Gasteiger partial charge in [0.05, 0.1) is 30.5 Å². The molecule has 0 aliphatic carbocycles. The van der Waals surface area contributed by atoms with E-state index in [0.717, 1.165) is 5.69 Å². The van der Waals surface area contributed by atoms with Crippen molar-refractivity contribution in [3.05, 3.63) is 28.7 Å². The molecule has 1 amide bonds. The summed E-state index contributed by atoms with van der Waals surface area (Å²) >= 11 is 1.52. The van der Waals surface area contributed by atoms with Crippen molar-refractivity contribution in [3.8, 4) is 0 Å². The molecule has 1 saturated heterocycles. The first-order chi connectivity index (χ1) is 10.3. The zero-order valence-corrected chi connectivity index (χ0v) is 12.0. The molecule has 0 unspecified atom stereocenters. The number of nitrogens with one attached hydrogen (secondary N) is 2. The molecule has 1 fully saturated rings. The van der Waals surface area contributed by atoms with Crippen LogP contribution < -0.4 is 5.32 Å². The molecule has 2 aromatic rings. The molecule has 0 bridgehead atoms. The third-order valence-corrected chi connectivity index (χ3v) is 3.81. The van der Waals surface area contributed by atoms with Crippen molar-refractivity contribution in [3.63, 3.8) is 0 Å². The lowest BCUT2D eigenvalue weighted by atomic mass is 10.1. The summed E-state index contributed by atoms with van der Waals surface area (Å²) in [5.41, 5.74) is 2.64. The monoisotopic (exact) mass is 309 g/mol. The number of aromatic nitrogens is 4. The largest absolute Gasteiger partial charge is 0.379 e. The molecule has 9 heteroatoms. The van der Waals surface area contributed by atoms with Gasteiger partial charge in [-0.15, -0.1) is 11.3 Å². The van der Waals surface area contributed by atoms with Crippen LogP contribution in [-0.4, -0.2) is 51.4 Å². The van der Waals surface area contributed by atoms with Crippen LogP contribution in [0.4, 0.5) is 0 Å². The van der Waals surface area contributed by atoms with Gasteiger partial charge in [0.2, 0.25) is 5.82 Å². The molecule has 0 radical (unpaired) electrons. The van der Waals surface area contributed by atoms with E-state index in [1.807, 2.05) is 5.38 Å². The fourth-order valence-corrected chi connectivity index (χ4v) is 2.64. The third kappa shape index (κ3) is 3.63.